The molecule has 1 aromatic carbocycles. The monoisotopic (exact) mass is 374 g/mol. The number of carboxylic acids is 1. The predicted molar refractivity (Wildman–Crippen MR) is 98.4 cm³/mol. The first-order valence-electron chi connectivity index (χ1n) is 9.56. The normalized spacial score (nSPS) is 19.7. The van der Waals surface area contributed by atoms with Gasteiger partial charge in [0.25, 0.3) is 0 Å². The third-order valence-corrected chi connectivity index (χ3v) is 5.19. The molecule has 0 aliphatic carbocycles. The Morgan fingerprint density at radius 3 is 2.93 bits per heavy atom. The Labute approximate surface area is 158 Å². The lowest BCUT2D eigenvalue weighted by molar-refractivity contribution is -0.144. The van der Waals surface area contributed by atoms with E-state index in [-0.39, 0.29) is 17.7 Å². The van der Waals surface area contributed by atoms with E-state index in [4.69, 9.17) is 4.74 Å². The molecule has 2 N–H and O–H groups in total. The molecule has 2 unspecified atom stereocenters. The molecule has 2 atom stereocenters. The topological polar surface area (TPSA) is 95.9 Å². The van der Waals surface area contributed by atoms with Crippen molar-refractivity contribution in [1.82, 2.24) is 10.2 Å². The van der Waals surface area contributed by atoms with Crippen molar-refractivity contribution in [2.45, 2.75) is 45.1 Å². The molecule has 2 amide bonds. The summed E-state index contributed by atoms with van der Waals surface area (Å²) in [6.45, 7) is 3.56. The Morgan fingerprint density at radius 2 is 2.19 bits per heavy atom. The standard InChI is InChI=1S/C20H26N2O5/c1-2-4-17(23)22-9-3-5-15(12-22)19(24)21-18(20(25)26)14-6-7-16-13(11-14)8-10-27-16/h6-7,11,15,18H,2-5,8-10,12H2,1H3,(H,21,24)(H,25,26). The van der Waals surface area contributed by atoms with Gasteiger partial charge in [-0.3, -0.25) is 9.59 Å². The lowest BCUT2D eigenvalue weighted by Gasteiger charge is -2.32. The highest BCUT2D eigenvalue weighted by atomic mass is 16.5. The SMILES string of the molecule is CCCC(=O)N1CCCC(C(=O)NC(C(=O)O)c2ccc3c(c2)CCO3)C1. The van der Waals surface area contributed by atoms with Gasteiger partial charge in [0.15, 0.2) is 6.04 Å². The van der Waals surface area contributed by atoms with Crippen molar-refractivity contribution in [1.29, 1.82) is 0 Å². The lowest BCUT2D eigenvalue weighted by Crippen LogP contribution is -2.47. The highest BCUT2D eigenvalue weighted by Gasteiger charge is 2.31. The summed E-state index contributed by atoms with van der Waals surface area (Å²) in [5, 5.41) is 12.3. The zero-order chi connectivity index (χ0) is 19.4. The fourth-order valence-electron chi connectivity index (χ4n) is 3.72. The van der Waals surface area contributed by atoms with Crippen molar-refractivity contribution >= 4 is 17.8 Å². The fourth-order valence-corrected chi connectivity index (χ4v) is 3.72. The summed E-state index contributed by atoms with van der Waals surface area (Å²) < 4.78 is 5.45. The largest absolute Gasteiger partial charge is 0.493 e. The molecule has 7 heteroatoms. The Bertz CT molecular complexity index is 733. The van der Waals surface area contributed by atoms with Crippen LogP contribution in [0.1, 0.15) is 49.8 Å². The van der Waals surface area contributed by atoms with E-state index in [1.54, 1.807) is 23.1 Å². The smallest absolute Gasteiger partial charge is 0.330 e. The van der Waals surface area contributed by atoms with Gasteiger partial charge >= 0.3 is 5.97 Å². The van der Waals surface area contributed by atoms with Gasteiger partial charge in [-0.05, 0) is 42.5 Å². The summed E-state index contributed by atoms with van der Waals surface area (Å²) in [5.41, 5.74) is 1.50. The van der Waals surface area contributed by atoms with Crippen molar-refractivity contribution in [3.05, 3.63) is 29.3 Å². The molecule has 1 saturated heterocycles. The molecule has 3 rings (SSSR count). The number of amides is 2. The van der Waals surface area contributed by atoms with E-state index in [2.05, 4.69) is 5.32 Å². The Morgan fingerprint density at radius 1 is 1.37 bits per heavy atom. The van der Waals surface area contributed by atoms with E-state index in [0.717, 1.165) is 30.6 Å². The molecule has 146 valence electrons. The molecule has 2 aliphatic rings. The van der Waals surface area contributed by atoms with Crippen LogP contribution in [0.4, 0.5) is 0 Å². The minimum absolute atomic E-state index is 0.0587. The van der Waals surface area contributed by atoms with Gasteiger partial charge in [-0.25, -0.2) is 4.79 Å². The molecule has 1 fully saturated rings. The third-order valence-electron chi connectivity index (χ3n) is 5.19. The summed E-state index contributed by atoms with van der Waals surface area (Å²) in [5.74, 6) is -0.959. The number of aliphatic carboxylic acids is 1. The van der Waals surface area contributed by atoms with Crippen LogP contribution in [0.5, 0.6) is 5.75 Å². The van der Waals surface area contributed by atoms with Gasteiger partial charge in [-0.2, -0.15) is 0 Å². The quantitative estimate of drug-likeness (QED) is 0.793. The van der Waals surface area contributed by atoms with Crippen LogP contribution in [-0.4, -0.2) is 47.5 Å². The van der Waals surface area contributed by atoms with Crippen LogP contribution in [-0.2, 0) is 20.8 Å². The van der Waals surface area contributed by atoms with Crippen LogP contribution < -0.4 is 10.1 Å². The van der Waals surface area contributed by atoms with Crippen LogP contribution in [0.3, 0.4) is 0 Å². The molecule has 27 heavy (non-hydrogen) atoms. The van der Waals surface area contributed by atoms with Crippen LogP contribution >= 0.6 is 0 Å². The van der Waals surface area contributed by atoms with E-state index in [0.29, 0.717) is 38.1 Å². The number of carbonyl (C=O) groups is 3. The van der Waals surface area contributed by atoms with Crippen LogP contribution in [0.15, 0.2) is 18.2 Å². The predicted octanol–water partition coefficient (Wildman–Crippen LogP) is 1.90. The molecule has 2 aliphatic heterocycles. The summed E-state index contributed by atoms with van der Waals surface area (Å²) >= 11 is 0. The zero-order valence-electron chi connectivity index (χ0n) is 15.6. The number of benzene rings is 1. The number of nitrogens with zero attached hydrogens (tertiary/aromatic N) is 1. The minimum Gasteiger partial charge on any atom is -0.493 e. The number of rotatable bonds is 6. The average Bonchev–Trinajstić information content (AvgIpc) is 3.13. The fraction of sp³-hybridized carbons (Fsp3) is 0.550. The van der Waals surface area contributed by atoms with Crippen molar-refractivity contribution in [2.75, 3.05) is 19.7 Å². The van der Waals surface area contributed by atoms with Crippen molar-refractivity contribution in [3.63, 3.8) is 0 Å². The van der Waals surface area contributed by atoms with Gasteiger partial charge < -0.3 is 20.1 Å². The van der Waals surface area contributed by atoms with Crippen molar-refractivity contribution in [3.8, 4) is 5.75 Å². The van der Waals surface area contributed by atoms with Crippen molar-refractivity contribution in [2.24, 2.45) is 5.92 Å². The molecule has 2 heterocycles. The summed E-state index contributed by atoms with van der Waals surface area (Å²) in [6, 6.07) is 4.12. The third kappa shape index (κ3) is 4.40. The number of carbonyl (C=O) groups excluding carboxylic acids is 2. The van der Waals surface area contributed by atoms with Gasteiger partial charge in [0, 0.05) is 25.9 Å². The zero-order valence-corrected chi connectivity index (χ0v) is 15.6. The molecule has 7 nitrogen and oxygen atoms in total. The summed E-state index contributed by atoms with van der Waals surface area (Å²) in [6.07, 6.45) is 3.40. The Kier molecular flexibility index (Phi) is 5.98. The van der Waals surface area contributed by atoms with Gasteiger partial charge in [0.2, 0.25) is 11.8 Å². The minimum atomic E-state index is -1.11. The number of fused-ring (bicyclic) bond motifs is 1. The number of hydrogen-bond acceptors (Lipinski definition) is 4. The molecule has 0 spiro atoms. The molecule has 0 aromatic heterocycles. The molecular weight excluding hydrogens is 348 g/mol. The van der Waals surface area contributed by atoms with Crippen LogP contribution in [0, 0.1) is 5.92 Å². The molecular formula is C20H26N2O5. The van der Waals surface area contributed by atoms with Crippen LogP contribution in [0.2, 0.25) is 0 Å². The first kappa shape index (κ1) is 19.2. The van der Waals surface area contributed by atoms with E-state index < -0.39 is 12.0 Å². The van der Waals surface area contributed by atoms with Gasteiger partial charge in [-0.15, -0.1) is 0 Å². The second-order valence-electron chi connectivity index (χ2n) is 7.17. The lowest BCUT2D eigenvalue weighted by atomic mass is 9.95. The van der Waals surface area contributed by atoms with E-state index >= 15 is 0 Å². The van der Waals surface area contributed by atoms with E-state index in [9.17, 15) is 19.5 Å². The first-order valence-corrected chi connectivity index (χ1v) is 9.56. The summed E-state index contributed by atoms with van der Waals surface area (Å²) in [4.78, 5) is 38.3. The van der Waals surface area contributed by atoms with Gasteiger partial charge in [0.05, 0.1) is 12.5 Å². The average molecular weight is 374 g/mol. The highest BCUT2D eigenvalue weighted by molar-refractivity contribution is 5.86. The molecule has 1 aromatic rings. The molecule has 0 radical (unpaired) electrons. The highest BCUT2D eigenvalue weighted by Crippen LogP contribution is 2.29. The van der Waals surface area contributed by atoms with E-state index in [1.165, 1.54) is 0 Å². The number of ether oxygens (including phenoxy) is 1. The summed E-state index contributed by atoms with van der Waals surface area (Å²) in [7, 11) is 0. The number of nitrogens with one attached hydrogen (secondary N) is 1. The number of hydrogen-bond donors (Lipinski definition) is 2. The second-order valence-corrected chi connectivity index (χ2v) is 7.17. The maximum atomic E-state index is 12.7. The maximum Gasteiger partial charge on any atom is 0.330 e. The van der Waals surface area contributed by atoms with Gasteiger partial charge in [0.1, 0.15) is 5.75 Å². The van der Waals surface area contributed by atoms with E-state index in [1.807, 2.05) is 6.92 Å². The Balaban J connectivity index is 1.68. The van der Waals surface area contributed by atoms with Gasteiger partial charge in [-0.1, -0.05) is 13.0 Å². The molecule has 0 saturated carbocycles. The first-order chi connectivity index (χ1) is 13.0. The number of piperidine rings is 1. The maximum absolute atomic E-state index is 12.7. The number of carboxylic acid groups (broad SMARTS) is 1. The number of likely N-dealkylation sites (tertiary alicyclic amines) is 1. The van der Waals surface area contributed by atoms with Crippen LogP contribution in [0.25, 0.3) is 0 Å². The second kappa shape index (κ2) is 8.41. The van der Waals surface area contributed by atoms with Crippen molar-refractivity contribution < 1.29 is 24.2 Å². The molecule has 0 bridgehead atoms. The Hall–Kier alpha value is -2.57.